The Hall–Kier alpha value is 0.0600. The first-order chi connectivity index (χ1) is 10.0. The monoisotopic (exact) mass is 486 g/mol. The smallest absolute Gasteiger partial charge is 0.204 e. The number of hydrogen-bond donors (Lipinski definition) is 0. The van der Waals surface area contributed by atoms with Gasteiger partial charge in [-0.3, -0.25) is 0 Å². The summed E-state index contributed by atoms with van der Waals surface area (Å²) in [6, 6.07) is 5.67. The fourth-order valence-corrected chi connectivity index (χ4v) is 2.04. The van der Waals surface area contributed by atoms with Gasteiger partial charge in [0.1, 0.15) is 0 Å². The number of alkyl halides is 3. The summed E-state index contributed by atoms with van der Waals surface area (Å²) in [4.78, 5) is 0. The van der Waals surface area contributed by atoms with E-state index in [2.05, 4.69) is 47.8 Å². The number of hydrogen-bond acceptors (Lipinski definition) is 3. The Morgan fingerprint density at radius 1 is 0.762 bits per heavy atom. The van der Waals surface area contributed by atoms with Crippen molar-refractivity contribution in [2.75, 3.05) is 0 Å². The van der Waals surface area contributed by atoms with Gasteiger partial charge in [-0.25, -0.2) is 0 Å². The molecule has 1 aromatic rings. The molecule has 3 nitrogen and oxygen atoms in total. The van der Waals surface area contributed by atoms with Crippen LogP contribution in [0.15, 0.2) is 18.2 Å². The van der Waals surface area contributed by atoms with Crippen LogP contribution in [0.3, 0.4) is 0 Å². The van der Waals surface area contributed by atoms with Crippen molar-refractivity contribution in [3.63, 3.8) is 0 Å². The Kier molecular flexibility index (Phi) is 9.06. The van der Waals surface area contributed by atoms with E-state index in [9.17, 15) is 0 Å². The van der Waals surface area contributed by atoms with E-state index in [-0.39, 0.29) is 15.0 Å². The molecule has 0 aromatic heterocycles. The number of halogens is 3. The van der Waals surface area contributed by atoms with Crippen molar-refractivity contribution < 1.29 is 14.2 Å². The van der Waals surface area contributed by atoms with Crippen LogP contribution in [0.4, 0.5) is 0 Å². The normalized spacial score (nSPS) is 15.1. The summed E-state index contributed by atoms with van der Waals surface area (Å²) in [5, 5.41) is -0.205. The molecule has 0 bridgehead atoms. The number of benzene rings is 1. The first-order valence-electron chi connectivity index (χ1n) is 7.06. The van der Waals surface area contributed by atoms with Crippen LogP contribution in [0.2, 0.25) is 0 Å². The Morgan fingerprint density at radius 3 is 1.52 bits per heavy atom. The van der Waals surface area contributed by atoms with Crippen molar-refractivity contribution in [3.05, 3.63) is 18.2 Å². The zero-order valence-electron chi connectivity index (χ0n) is 12.4. The lowest BCUT2D eigenvalue weighted by Crippen LogP contribution is -2.13. The van der Waals surface area contributed by atoms with E-state index in [4.69, 9.17) is 14.2 Å². The molecule has 1 aromatic carbocycles. The molecule has 21 heavy (non-hydrogen) atoms. The minimum Gasteiger partial charge on any atom is -0.475 e. The Morgan fingerprint density at radius 2 is 1.14 bits per heavy atom. The van der Waals surface area contributed by atoms with Crippen LogP contribution in [-0.4, -0.2) is 15.0 Å². The Bertz CT molecular complexity index is 398. The fourth-order valence-electron chi connectivity index (χ4n) is 1.45. The molecule has 0 saturated heterocycles. The van der Waals surface area contributed by atoms with E-state index in [1.54, 1.807) is 0 Å². The van der Waals surface area contributed by atoms with Gasteiger partial charge in [0.2, 0.25) is 5.75 Å². The molecule has 3 atom stereocenters. The standard InChI is InChI=1S/C15H21Br3O3/c1-4-12(16)19-10-8-7-9-11(20-13(17)5-2)15(10)21-14(18)6-3/h7-9,12-14H,4-6H2,1-3H3. The zero-order valence-corrected chi connectivity index (χ0v) is 17.2. The van der Waals surface area contributed by atoms with Crippen LogP contribution >= 0.6 is 47.8 Å². The van der Waals surface area contributed by atoms with Crippen LogP contribution in [0.5, 0.6) is 17.2 Å². The maximum Gasteiger partial charge on any atom is 0.204 e. The van der Waals surface area contributed by atoms with Gasteiger partial charge in [0.05, 0.1) is 0 Å². The molecule has 0 amide bonds. The topological polar surface area (TPSA) is 27.7 Å². The van der Waals surface area contributed by atoms with Gasteiger partial charge in [-0.1, -0.05) is 26.8 Å². The molecular formula is C15H21Br3O3. The lowest BCUT2D eigenvalue weighted by atomic mass is 10.3. The molecule has 0 aliphatic carbocycles. The second kappa shape index (κ2) is 9.95. The van der Waals surface area contributed by atoms with Crippen molar-refractivity contribution in [2.45, 2.75) is 55.1 Å². The first kappa shape index (κ1) is 19.1. The van der Waals surface area contributed by atoms with E-state index in [0.717, 1.165) is 19.3 Å². The van der Waals surface area contributed by atoms with Gasteiger partial charge in [-0.15, -0.1) is 0 Å². The molecular weight excluding hydrogens is 468 g/mol. The molecule has 6 heteroatoms. The summed E-state index contributed by atoms with van der Waals surface area (Å²) in [5.74, 6) is 1.96. The molecule has 0 saturated carbocycles. The molecule has 0 fully saturated rings. The third-order valence-corrected chi connectivity index (χ3v) is 5.16. The van der Waals surface area contributed by atoms with Crippen LogP contribution in [-0.2, 0) is 0 Å². The van der Waals surface area contributed by atoms with E-state index in [1.807, 2.05) is 39.0 Å². The Labute approximate surface area is 152 Å². The molecule has 1 rings (SSSR count). The largest absolute Gasteiger partial charge is 0.475 e. The average molecular weight is 489 g/mol. The van der Waals surface area contributed by atoms with Crippen LogP contribution in [0.25, 0.3) is 0 Å². The predicted octanol–water partition coefficient (Wildman–Crippen LogP) is 6.22. The van der Waals surface area contributed by atoms with Crippen molar-refractivity contribution in [2.24, 2.45) is 0 Å². The van der Waals surface area contributed by atoms with E-state index >= 15 is 0 Å². The maximum absolute atomic E-state index is 5.94. The quantitative estimate of drug-likeness (QED) is 0.386. The van der Waals surface area contributed by atoms with Gasteiger partial charge in [-0.2, -0.15) is 0 Å². The second-order valence-electron chi connectivity index (χ2n) is 4.39. The number of para-hydroxylation sites is 1. The highest BCUT2D eigenvalue weighted by atomic mass is 79.9. The van der Waals surface area contributed by atoms with Gasteiger partial charge < -0.3 is 14.2 Å². The third kappa shape index (κ3) is 6.37. The highest BCUT2D eigenvalue weighted by Gasteiger charge is 2.19. The molecule has 3 unspecified atom stereocenters. The fraction of sp³-hybridized carbons (Fsp3) is 0.600. The minimum absolute atomic E-state index is 0.0588. The molecule has 0 radical (unpaired) electrons. The first-order valence-corrected chi connectivity index (χ1v) is 9.81. The molecule has 120 valence electrons. The van der Waals surface area contributed by atoms with Crippen molar-refractivity contribution in [1.29, 1.82) is 0 Å². The summed E-state index contributed by atoms with van der Waals surface area (Å²) < 4.78 is 17.7. The minimum atomic E-state index is -0.0876. The van der Waals surface area contributed by atoms with E-state index in [1.165, 1.54) is 0 Å². The zero-order chi connectivity index (χ0) is 15.8. The number of ether oxygens (including phenoxy) is 3. The van der Waals surface area contributed by atoms with E-state index < -0.39 is 0 Å². The second-order valence-corrected chi connectivity index (χ2v) is 7.46. The molecule has 0 spiro atoms. The lowest BCUT2D eigenvalue weighted by Gasteiger charge is -2.21. The van der Waals surface area contributed by atoms with Crippen LogP contribution in [0.1, 0.15) is 40.0 Å². The van der Waals surface area contributed by atoms with Gasteiger partial charge in [0.15, 0.2) is 26.5 Å². The molecule has 0 N–H and O–H groups in total. The van der Waals surface area contributed by atoms with Gasteiger partial charge in [-0.05, 0) is 79.2 Å². The highest BCUT2D eigenvalue weighted by Crippen LogP contribution is 2.41. The molecule has 0 aliphatic rings. The molecule has 0 heterocycles. The Balaban J connectivity index is 3.07. The van der Waals surface area contributed by atoms with Crippen LogP contribution in [0, 0.1) is 0 Å². The predicted molar refractivity (Wildman–Crippen MR) is 97.3 cm³/mol. The summed E-state index contributed by atoms with van der Waals surface area (Å²) in [6.45, 7) is 6.14. The summed E-state index contributed by atoms with van der Waals surface area (Å²) >= 11 is 10.5. The lowest BCUT2D eigenvalue weighted by molar-refractivity contribution is 0.219. The molecule has 0 aliphatic heterocycles. The van der Waals surface area contributed by atoms with Crippen molar-refractivity contribution >= 4 is 47.8 Å². The average Bonchev–Trinajstić information content (AvgIpc) is 2.49. The summed E-state index contributed by atoms with van der Waals surface area (Å²) in [6.07, 6.45) is 2.54. The SMILES string of the molecule is CCC(Br)Oc1cccc(OC(Br)CC)c1OC(Br)CC. The summed E-state index contributed by atoms with van der Waals surface area (Å²) in [5.41, 5.74) is 0. The van der Waals surface area contributed by atoms with Crippen molar-refractivity contribution in [1.82, 2.24) is 0 Å². The van der Waals surface area contributed by atoms with Gasteiger partial charge >= 0.3 is 0 Å². The number of rotatable bonds is 9. The van der Waals surface area contributed by atoms with Gasteiger partial charge in [0, 0.05) is 0 Å². The summed E-state index contributed by atoms with van der Waals surface area (Å²) in [7, 11) is 0. The van der Waals surface area contributed by atoms with E-state index in [0.29, 0.717) is 17.2 Å². The van der Waals surface area contributed by atoms with Gasteiger partial charge in [0.25, 0.3) is 0 Å². The van der Waals surface area contributed by atoms with Crippen LogP contribution < -0.4 is 14.2 Å². The maximum atomic E-state index is 5.94. The third-order valence-electron chi connectivity index (χ3n) is 2.66. The van der Waals surface area contributed by atoms with Crippen molar-refractivity contribution in [3.8, 4) is 17.2 Å². The highest BCUT2D eigenvalue weighted by molar-refractivity contribution is 9.09.